The van der Waals surface area contributed by atoms with E-state index < -0.39 is 5.97 Å². The summed E-state index contributed by atoms with van der Waals surface area (Å²) < 4.78 is 0. The SMILES string of the molecule is CCCC(=O)N(CCC)CC(=O)O. The minimum Gasteiger partial charge on any atom is -0.480 e. The van der Waals surface area contributed by atoms with E-state index in [0.717, 1.165) is 12.8 Å². The van der Waals surface area contributed by atoms with Crippen molar-refractivity contribution in [2.75, 3.05) is 13.1 Å². The summed E-state index contributed by atoms with van der Waals surface area (Å²) in [6.45, 7) is 4.19. The summed E-state index contributed by atoms with van der Waals surface area (Å²) in [7, 11) is 0. The smallest absolute Gasteiger partial charge is 0.323 e. The van der Waals surface area contributed by atoms with E-state index in [1.807, 2.05) is 13.8 Å². The van der Waals surface area contributed by atoms with Gasteiger partial charge in [0.2, 0.25) is 5.91 Å². The average Bonchev–Trinajstić information content (AvgIpc) is 2.03. The molecule has 0 heterocycles. The Morgan fingerprint density at radius 3 is 2.23 bits per heavy atom. The lowest BCUT2D eigenvalue weighted by Crippen LogP contribution is -2.35. The van der Waals surface area contributed by atoms with Gasteiger partial charge in [0.05, 0.1) is 0 Å². The molecule has 0 rings (SSSR count). The zero-order valence-corrected chi connectivity index (χ0v) is 8.25. The topological polar surface area (TPSA) is 57.6 Å². The van der Waals surface area contributed by atoms with Crippen LogP contribution in [0.15, 0.2) is 0 Å². The Morgan fingerprint density at radius 2 is 1.85 bits per heavy atom. The molecule has 0 unspecified atom stereocenters. The third kappa shape index (κ3) is 5.22. The van der Waals surface area contributed by atoms with Crippen molar-refractivity contribution in [1.29, 1.82) is 0 Å². The number of hydrogen-bond acceptors (Lipinski definition) is 2. The number of carbonyl (C=O) groups excluding carboxylic acids is 1. The van der Waals surface area contributed by atoms with Crippen LogP contribution in [0.4, 0.5) is 0 Å². The lowest BCUT2D eigenvalue weighted by Gasteiger charge is -2.19. The second kappa shape index (κ2) is 6.46. The van der Waals surface area contributed by atoms with E-state index in [1.54, 1.807) is 0 Å². The summed E-state index contributed by atoms with van der Waals surface area (Å²) >= 11 is 0. The molecule has 1 amide bonds. The predicted octanol–water partition coefficient (Wildman–Crippen LogP) is 1.11. The third-order valence-electron chi connectivity index (χ3n) is 1.64. The van der Waals surface area contributed by atoms with Crippen LogP contribution in [0.1, 0.15) is 33.1 Å². The van der Waals surface area contributed by atoms with Gasteiger partial charge in [0, 0.05) is 13.0 Å². The first kappa shape index (κ1) is 11.9. The first-order valence-electron chi connectivity index (χ1n) is 4.61. The van der Waals surface area contributed by atoms with Gasteiger partial charge in [0.25, 0.3) is 0 Å². The maximum atomic E-state index is 11.3. The number of amides is 1. The Bertz CT molecular complexity index is 180. The van der Waals surface area contributed by atoms with Gasteiger partial charge in [-0.2, -0.15) is 0 Å². The molecule has 0 aliphatic rings. The van der Waals surface area contributed by atoms with Gasteiger partial charge in [0.1, 0.15) is 6.54 Å². The maximum absolute atomic E-state index is 11.3. The molecule has 0 atom stereocenters. The van der Waals surface area contributed by atoms with Crippen molar-refractivity contribution in [3.8, 4) is 0 Å². The molecule has 0 aliphatic heterocycles. The summed E-state index contributed by atoms with van der Waals surface area (Å²) in [5, 5.41) is 8.53. The molecule has 0 bridgehead atoms. The monoisotopic (exact) mass is 187 g/mol. The van der Waals surface area contributed by atoms with E-state index in [4.69, 9.17) is 5.11 Å². The normalized spacial score (nSPS) is 9.69. The number of nitrogens with zero attached hydrogens (tertiary/aromatic N) is 1. The van der Waals surface area contributed by atoms with Crippen LogP contribution in [0.5, 0.6) is 0 Å². The van der Waals surface area contributed by atoms with E-state index in [9.17, 15) is 9.59 Å². The molecule has 0 aromatic rings. The molecule has 0 radical (unpaired) electrons. The zero-order valence-electron chi connectivity index (χ0n) is 8.25. The van der Waals surface area contributed by atoms with Crippen LogP contribution < -0.4 is 0 Å². The Morgan fingerprint density at radius 1 is 1.23 bits per heavy atom. The molecule has 4 nitrogen and oxygen atoms in total. The average molecular weight is 187 g/mol. The lowest BCUT2D eigenvalue weighted by molar-refractivity contribution is -0.144. The van der Waals surface area contributed by atoms with E-state index in [1.165, 1.54) is 4.90 Å². The van der Waals surface area contributed by atoms with Crippen molar-refractivity contribution in [2.24, 2.45) is 0 Å². The quantitative estimate of drug-likeness (QED) is 0.677. The molecule has 0 aromatic heterocycles. The van der Waals surface area contributed by atoms with Gasteiger partial charge < -0.3 is 10.0 Å². The van der Waals surface area contributed by atoms with E-state index in [0.29, 0.717) is 13.0 Å². The van der Waals surface area contributed by atoms with Crippen LogP contribution in [0.3, 0.4) is 0 Å². The van der Waals surface area contributed by atoms with Gasteiger partial charge in [-0.1, -0.05) is 13.8 Å². The second-order valence-corrected chi connectivity index (χ2v) is 2.96. The van der Waals surface area contributed by atoms with Crippen LogP contribution in [-0.2, 0) is 9.59 Å². The largest absolute Gasteiger partial charge is 0.480 e. The van der Waals surface area contributed by atoms with Crippen LogP contribution in [-0.4, -0.2) is 35.0 Å². The van der Waals surface area contributed by atoms with Crippen LogP contribution >= 0.6 is 0 Å². The van der Waals surface area contributed by atoms with Crippen LogP contribution in [0.25, 0.3) is 0 Å². The highest BCUT2D eigenvalue weighted by atomic mass is 16.4. The highest BCUT2D eigenvalue weighted by molar-refractivity contribution is 5.81. The first-order chi connectivity index (χ1) is 6.11. The van der Waals surface area contributed by atoms with Crippen molar-refractivity contribution in [1.82, 2.24) is 4.90 Å². The molecular weight excluding hydrogens is 170 g/mol. The molecule has 0 saturated carbocycles. The summed E-state index contributed by atoms with van der Waals surface area (Å²) in [6.07, 6.45) is 1.99. The first-order valence-corrected chi connectivity index (χ1v) is 4.61. The van der Waals surface area contributed by atoms with Gasteiger partial charge in [-0.15, -0.1) is 0 Å². The van der Waals surface area contributed by atoms with E-state index in [2.05, 4.69) is 0 Å². The van der Waals surface area contributed by atoms with Gasteiger partial charge in [-0.25, -0.2) is 0 Å². The van der Waals surface area contributed by atoms with Crippen molar-refractivity contribution in [3.63, 3.8) is 0 Å². The molecule has 0 spiro atoms. The number of carboxylic acids is 1. The summed E-state index contributed by atoms with van der Waals surface area (Å²) in [4.78, 5) is 23.1. The summed E-state index contributed by atoms with van der Waals surface area (Å²) in [5.41, 5.74) is 0. The molecule has 0 aliphatic carbocycles. The molecule has 0 saturated heterocycles. The van der Waals surface area contributed by atoms with Crippen LogP contribution in [0, 0.1) is 0 Å². The van der Waals surface area contributed by atoms with Crippen molar-refractivity contribution in [3.05, 3.63) is 0 Å². The number of rotatable bonds is 6. The predicted molar refractivity (Wildman–Crippen MR) is 49.4 cm³/mol. The highest BCUT2D eigenvalue weighted by Gasteiger charge is 2.14. The fraction of sp³-hybridized carbons (Fsp3) is 0.778. The number of hydrogen-bond donors (Lipinski definition) is 1. The zero-order chi connectivity index (χ0) is 10.3. The molecular formula is C9H17NO3. The fourth-order valence-electron chi connectivity index (χ4n) is 1.10. The minimum atomic E-state index is -0.946. The second-order valence-electron chi connectivity index (χ2n) is 2.96. The molecule has 4 heteroatoms. The number of carbonyl (C=O) groups is 2. The Hall–Kier alpha value is -1.06. The molecule has 13 heavy (non-hydrogen) atoms. The standard InChI is InChI=1S/C9H17NO3/c1-3-5-8(11)10(6-4-2)7-9(12)13/h3-7H2,1-2H3,(H,12,13). The summed E-state index contributed by atoms with van der Waals surface area (Å²) in [5.74, 6) is -1.01. The molecule has 1 N–H and O–H groups in total. The minimum absolute atomic E-state index is 0.0632. The maximum Gasteiger partial charge on any atom is 0.323 e. The molecule has 0 fully saturated rings. The Labute approximate surface area is 78.5 Å². The van der Waals surface area contributed by atoms with Crippen molar-refractivity contribution in [2.45, 2.75) is 33.1 Å². The third-order valence-corrected chi connectivity index (χ3v) is 1.64. The lowest BCUT2D eigenvalue weighted by atomic mass is 10.3. The number of carboxylic acid groups (broad SMARTS) is 1. The summed E-state index contributed by atoms with van der Waals surface area (Å²) in [6, 6.07) is 0. The van der Waals surface area contributed by atoms with E-state index >= 15 is 0 Å². The fourth-order valence-corrected chi connectivity index (χ4v) is 1.10. The van der Waals surface area contributed by atoms with Gasteiger partial charge >= 0.3 is 5.97 Å². The van der Waals surface area contributed by atoms with Gasteiger partial charge in [0.15, 0.2) is 0 Å². The highest BCUT2D eigenvalue weighted by Crippen LogP contribution is 1.98. The Balaban J connectivity index is 4.06. The van der Waals surface area contributed by atoms with Crippen molar-refractivity contribution >= 4 is 11.9 Å². The van der Waals surface area contributed by atoms with Crippen molar-refractivity contribution < 1.29 is 14.7 Å². The molecule has 0 aromatic carbocycles. The van der Waals surface area contributed by atoms with Crippen LogP contribution in [0.2, 0.25) is 0 Å². The van der Waals surface area contributed by atoms with Gasteiger partial charge in [-0.3, -0.25) is 9.59 Å². The molecule has 76 valence electrons. The van der Waals surface area contributed by atoms with E-state index in [-0.39, 0.29) is 12.5 Å². The number of aliphatic carboxylic acids is 1. The van der Waals surface area contributed by atoms with Gasteiger partial charge in [-0.05, 0) is 12.8 Å². The Kier molecular flexibility index (Phi) is 5.93.